The van der Waals surface area contributed by atoms with Gasteiger partial charge in [-0.2, -0.15) is 14.3 Å². The summed E-state index contributed by atoms with van der Waals surface area (Å²) in [4.78, 5) is 48.3. The first-order chi connectivity index (χ1) is 20.5. The fraction of sp³-hybridized carbons (Fsp3) is 0.556. The van der Waals surface area contributed by atoms with E-state index in [-0.39, 0.29) is 34.7 Å². The Morgan fingerprint density at radius 1 is 1.21 bits per heavy atom. The zero-order valence-corrected chi connectivity index (χ0v) is 24.8. The molecule has 2 aliphatic heterocycles. The van der Waals surface area contributed by atoms with Crippen LogP contribution in [0.15, 0.2) is 15.9 Å². The summed E-state index contributed by atoms with van der Waals surface area (Å²) in [5, 5.41) is 25.0. The maximum Gasteiger partial charge on any atom is 0.582 e. The molecule has 0 saturated carbocycles. The van der Waals surface area contributed by atoms with E-state index in [9.17, 15) is 24.2 Å². The van der Waals surface area contributed by atoms with Crippen molar-refractivity contribution in [3.05, 3.63) is 27.0 Å². The van der Waals surface area contributed by atoms with Crippen molar-refractivity contribution >= 4 is 66.1 Å². The number of rotatable bonds is 9. The number of fused-ring (bicyclic) bond motifs is 2. The fourth-order valence-corrected chi connectivity index (χ4v) is 7.98. The number of hydrogen-bond donors (Lipinski definition) is 6. The van der Waals surface area contributed by atoms with Gasteiger partial charge < -0.3 is 34.7 Å². The van der Waals surface area contributed by atoms with Gasteiger partial charge in [-0.05, 0) is 22.8 Å². The molecule has 0 radical (unpaired) electrons. The second-order valence-corrected chi connectivity index (χ2v) is 14.7. The van der Waals surface area contributed by atoms with Crippen LogP contribution in [0, 0.1) is 0 Å². The smallest absolute Gasteiger partial charge is 0.394 e. The second kappa shape index (κ2) is 11.6. The summed E-state index contributed by atoms with van der Waals surface area (Å²) in [7, 11) is -2.63. The molecule has 0 aliphatic carbocycles. The zero-order valence-electron chi connectivity index (χ0n) is 21.3. The number of ether oxygens (including phenoxy) is 2. The summed E-state index contributed by atoms with van der Waals surface area (Å²) in [5.41, 5.74) is 2.87. The third kappa shape index (κ3) is 5.50. The molecule has 0 bridgehead atoms. The third-order valence-corrected chi connectivity index (χ3v) is 10.5. The summed E-state index contributed by atoms with van der Waals surface area (Å²) < 4.78 is 52.1. The molecule has 43 heavy (non-hydrogen) atoms. The summed E-state index contributed by atoms with van der Waals surface area (Å²) in [6.07, 6.45) is -7.36. The van der Waals surface area contributed by atoms with E-state index in [1.54, 1.807) is 0 Å². The van der Waals surface area contributed by atoms with Crippen molar-refractivity contribution in [1.82, 2.24) is 49.9 Å². The van der Waals surface area contributed by atoms with Crippen LogP contribution < -0.4 is 16.9 Å². The molecule has 6 heterocycles. The van der Waals surface area contributed by atoms with Crippen LogP contribution in [-0.2, 0) is 34.9 Å². The highest BCUT2D eigenvalue weighted by Gasteiger charge is 2.53. The van der Waals surface area contributed by atoms with E-state index < -0.39 is 80.7 Å². The van der Waals surface area contributed by atoms with E-state index in [0.29, 0.717) is 0 Å². The van der Waals surface area contributed by atoms with Crippen LogP contribution in [0.5, 0.6) is 0 Å². The number of aromatic nitrogens is 10. The topological polar surface area (TPSA) is 273 Å². The van der Waals surface area contributed by atoms with E-state index in [4.69, 9.17) is 36.1 Å². The van der Waals surface area contributed by atoms with Crippen LogP contribution in [0.2, 0.25) is 0 Å². The lowest BCUT2D eigenvalue weighted by Gasteiger charge is -2.27. The predicted octanol–water partition coefficient (Wildman–Crippen LogP) is -1.20. The van der Waals surface area contributed by atoms with E-state index in [1.165, 1.54) is 0 Å². The minimum Gasteiger partial charge on any atom is -0.394 e. The number of nitrogens with zero attached hydrogens (tertiary/aromatic N) is 8. The molecule has 6 rings (SSSR count). The predicted molar refractivity (Wildman–Crippen MR) is 148 cm³/mol. The standard InChI is InChI=1S/C18H20FN11O9P2S2/c19-8-11(39-40(34)42)6(38-17(8)29-12-9(25-27-29)14(32)22-4-21-12)3-36-41(35,43)7-1-5(2-31)37-16(7)30-13-10(26-28-30)15(33)24-18(20)23-13/h4-8,11,16-17,31H,1-3H2,(H5-,20,21,22,23,24,27,28,32,33,34,35,42,43)/p+1/t5-,6+,7+,8-,11+,16+,17+,41?/m0/s1. The van der Waals surface area contributed by atoms with E-state index in [2.05, 4.69) is 52.8 Å². The number of H-pyrrole nitrogens is 2. The summed E-state index contributed by atoms with van der Waals surface area (Å²) in [6, 6.07) is 0. The lowest BCUT2D eigenvalue weighted by atomic mass is 10.1. The fourth-order valence-electron chi connectivity index (χ4n) is 4.87. The van der Waals surface area contributed by atoms with Gasteiger partial charge in [0, 0.05) is 0 Å². The average molecular weight is 681 g/mol. The third-order valence-electron chi connectivity index (χ3n) is 6.79. The quantitative estimate of drug-likeness (QED) is 0.0894. The summed E-state index contributed by atoms with van der Waals surface area (Å²) in [6.45, 7) is -4.94. The maximum absolute atomic E-state index is 15.7. The molecule has 2 aliphatic rings. The number of thiol groups is 1. The highest BCUT2D eigenvalue weighted by molar-refractivity contribution is 8.39. The second-order valence-electron chi connectivity index (χ2n) is 9.41. The van der Waals surface area contributed by atoms with Gasteiger partial charge in [-0.3, -0.25) is 14.6 Å². The number of nitrogens with two attached hydrogens (primary N) is 1. The number of aromatic amines is 2. The van der Waals surface area contributed by atoms with Crippen LogP contribution in [0.1, 0.15) is 18.9 Å². The molecule has 0 spiro atoms. The van der Waals surface area contributed by atoms with E-state index >= 15 is 4.39 Å². The Balaban J connectivity index is 1.26. The summed E-state index contributed by atoms with van der Waals surface area (Å²) >= 11 is 9.19. The molecule has 2 fully saturated rings. The van der Waals surface area contributed by atoms with Crippen molar-refractivity contribution in [3.63, 3.8) is 0 Å². The Morgan fingerprint density at radius 3 is 2.60 bits per heavy atom. The van der Waals surface area contributed by atoms with Gasteiger partial charge in [0.15, 0.2) is 53.6 Å². The van der Waals surface area contributed by atoms with Gasteiger partial charge in [-0.15, -0.1) is 14.7 Å². The van der Waals surface area contributed by atoms with Gasteiger partial charge in [-0.1, -0.05) is 10.4 Å². The number of halogens is 1. The first-order valence-corrected chi connectivity index (χ1v) is 17.3. The molecule has 4 aromatic heterocycles. The molecule has 25 heteroatoms. The lowest BCUT2D eigenvalue weighted by Crippen LogP contribution is -2.33. The highest BCUT2D eigenvalue weighted by atomic mass is 32.7. The first kappa shape index (κ1) is 30.2. The van der Waals surface area contributed by atoms with Gasteiger partial charge in [0.05, 0.1) is 31.3 Å². The van der Waals surface area contributed by atoms with Gasteiger partial charge in [0.1, 0.15) is 18.4 Å². The molecule has 20 nitrogen and oxygen atoms in total. The molecular weight excluding hydrogens is 659 g/mol. The van der Waals surface area contributed by atoms with Crippen LogP contribution >= 0.6 is 26.0 Å². The molecule has 6 N–H and O–H groups in total. The van der Waals surface area contributed by atoms with E-state index in [1.807, 2.05) is 0 Å². The monoisotopic (exact) mass is 680 g/mol. The van der Waals surface area contributed by atoms with Gasteiger partial charge in [0.2, 0.25) is 5.95 Å². The number of aliphatic hydroxyl groups excluding tert-OH is 1. The molecular formula is C18H21FN11O9P2S2+. The van der Waals surface area contributed by atoms with Gasteiger partial charge >= 0.3 is 7.23 Å². The maximum atomic E-state index is 15.7. The van der Waals surface area contributed by atoms with Crippen LogP contribution in [0.25, 0.3) is 22.3 Å². The number of anilines is 1. The molecule has 9 atom stereocenters. The number of nitrogens with one attached hydrogen (secondary N) is 2. The van der Waals surface area contributed by atoms with Crippen LogP contribution in [-0.4, -0.2) is 103 Å². The molecule has 230 valence electrons. The lowest BCUT2D eigenvalue weighted by molar-refractivity contribution is -0.0455. The average Bonchev–Trinajstić information content (AvgIpc) is 3.73. The molecule has 0 amide bonds. The minimum absolute atomic E-state index is 0.00243. The molecule has 2 unspecified atom stereocenters. The van der Waals surface area contributed by atoms with Crippen molar-refractivity contribution < 1.29 is 37.5 Å². The van der Waals surface area contributed by atoms with Crippen LogP contribution in [0.4, 0.5) is 10.3 Å². The number of nitrogen functional groups attached to an aromatic ring is 1. The summed E-state index contributed by atoms with van der Waals surface area (Å²) in [5.74, 6) is -0.226. The Kier molecular flexibility index (Phi) is 8.13. The SMILES string of the molecule is Nc1nc2c(nnn2[C@@H]2O[C@H](CO)C[C@H]2P(O)(=S)OC[C@H]2O[C@@H](n3nnc4c(=O)[nH]cnc43)[C@@H](F)[C@@H]2O[P+](=O)S)c(=O)[nH]1. The van der Waals surface area contributed by atoms with Crippen molar-refractivity contribution in [2.45, 2.75) is 49.0 Å². The zero-order chi connectivity index (χ0) is 30.6. The highest BCUT2D eigenvalue weighted by Crippen LogP contribution is 2.58. The normalized spacial score (nSPS) is 29.4. The Bertz CT molecular complexity index is 1870. The number of alkyl halides is 1. The Morgan fingerprint density at radius 2 is 1.91 bits per heavy atom. The van der Waals surface area contributed by atoms with Gasteiger partial charge in [0.25, 0.3) is 11.1 Å². The van der Waals surface area contributed by atoms with E-state index in [0.717, 1.165) is 15.7 Å². The Labute approximate surface area is 248 Å². The van der Waals surface area contributed by atoms with Crippen molar-refractivity contribution in [1.29, 1.82) is 0 Å². The van der Waals surface area contributed by atoms with Gasteiger partial charge in [-0.25, -0.2) is 9.37 Å². The Hall–Kier alpha value is -2.85. The number of aliphatic hydroxyl groups is 1. The minimum atomic E-state index is -3.93. The molecule has 0 aromatic carbocycles. The molecule has 2 saturated heterocycles. The van der Waals surface area contributed by atoms with Crippen molar-refractivity contribution in [2.75, 3.05) is 18.9 Å². The van der Waals surface area contributed by atoms with Crippen molar-refractivity contribution in [2.24, 2.45) is 0 Å². The van der Waals surface area contributed by atoms with Crippen molar-refractivity contribution in [3.8, 4) is 0 Å². The first-order valence-electron chi connectivity index (χ1n) is 12.2. The molecule has 4 aromatic rings. The van der Waals surface area contributed by atoms with Crippen LogP contribution in [0.3, 0.4) is 0 Å². The largest absolute Gasteiger partial charge is 0.582 e. The number of hydrogen-bond acceptors (Lipinski definition) is 16.